The Bertz CT molecular complexity index is 1570. The van der Waals surface area contributed by atoms with Gasteiger partial charge in [-0.2, -0.15) is 5.26 Å². The smallest absolute Gasteiger partial charge is 0.205 e. The Balaban J connectivity index is 1.42. The summed E-state index contributed by atoms with van der Waals surface area (Å²) in [6, 6.07) is 18.2. The first-order valence-corrected chi connectivity index (χ1v) is 12.4. The molecule has 3 aromatic carbocycles. The molecule has 0 radical (unpaired) electrons. The topological polar surface area (TPSA) is 87.6 Å². The molecule has 2 aliphatic heterocycles. The van der Waals surface area contributed by atoms with Crippen LogP contribution in [0.25, 0.3) is 16.5 Å². The molecule has 1 fully saturated rings. The Morgan fingerprint density at radius 2 is 1.69 bits per heavy atom. The second-order valence-electron chi connectivity index (χ2n) is 9.55. The van der Waals surface area contributed by atoms with Crippen molar-refractivity contribution in [1.82, 2.24) is 4.57 Å². The van der Waals surface area contributed by atoms with E-state index in [1.807, 2.05) is 31.2 Å². The van der Waals surface area contributed by atoms with Crippen LogP contribution < -0.4 is 4.74 Å². The average molecular weight is 521 g/mol. The van der Waals surface area contributed by atoms with Crippen molar-refractivity contribution in [2.45, 2.75) is 37.4 Å². The molecule has 36 heavy (non-hydrogen) atoms. The van der Waals surface area contributed by atoms with E-state index in [2.05, 4.69) is 6.07 Å². The normalized spacial score (nSPS) is 22.1. The van der Waals surface area contributed by atoms with Gasteiger partial charge in [0.2, 0.25) is 11.8 Å². The first-order chi connectivity index (χ1) is 17.3. The summed E-state index contributed by atoms with van der Waals surface area (Å²) in [5.41, 5.74) is 0.779. The van der Waals surface area contributed by atoms with Crippen molar-refractivity contribution in [1.29, 1.82) is 5.26 Å². The Morgan fingerprint density at radius 1 is 1.00 bits per heavy atom. The van der Waals surface area contributed by atoms with Gasteiger partial charge in [0.05, 0.1) is 40.7 Å². The molecule has 2 bridgehead atoms. The molecule has 182 valence electrons. The second kappa shape index (κ2) is 8.07. The molecule has 0 aliphatic carbocycles. The molecule has 6 rings (SSSR count). The van der Waals surface area contributed by atoms with Gasteiger partial charge in [-0.15, -0.1) is 0 Å². The van der Waals surface area contributed by atoms with Gasteiger partial charge in [-0.1, -0.05) is 47.5 Å². The maximum Gasteiger partial charge on any atom is 0.205 e. The van der Waals surface area contributed by atoms with Gasteiger partial charge in [-0.25, -0.2) is 0 Å². The predicted molar refractivity (Wildman–Crippen MR) is 137 cm³/mol. The van der Waals surface area contributed by atoms with E-state index in [-0.39, 0.29) is 11.8 Å². The summed E-state index contributed by atoms with van der Waals surface area (Å²) in [6.45, 7) is 2.25. The van der Waals surface area contributed by atoms with Crippen LogP contribution in [0.5, 0.6) is 17.5 Å². The molecule has 1 aromatic heterocycles. The molecule has 6 nitrogen and oxygen atoms in total. The van der Waals surface area contributed by atoms with E-state index in [1.165, 1.54) is 4.57 Å². The molecule has 2 atom stereocenters. The van der Waals surface area contributed by atoms with Crippen LogP contribution in [0.15, 0.2) is 54.6 Å². The zero-order valence-corrected chi connectivity index (χ0v) is 20.9. The summed E-state index contributed by atoms with van der Waals surface area (Å²) in [5.74, 6) is 0.437. The third-order valence-corrected chi connectivity index (χ3v) is 7.84. The average Bonchev–Trinajstić information content (AvgIpc) is 3.42. The van der Waals surface area contributed by atoms with Crippen molar-refractivity contribution < 1.29 is 19.7 Å². The summed E-state index contributed by atoms with van der Waals surface area (Å²) in [4.78, 5) is 0. The van der Waals surface area contributed by atoms with Crippen molar-refractivity contribution >= 4 is 34.0 Å². The van der Waals surface area contributed by atoms with Gasteiger partial charge in [0.1, 0.15) is 11.4 Å². The van der Waals surface area contributed by atoms with Crippen LogP contribution in [0.3, 0.4) is 0 Å². The molecule has 0 amide bonds. The fourth-order valence-corrected chi connectivity index (χ4v) is 6.36. The minimum absolute atomic E-state index is 0.0519. The minimum atomic E-state index is -0.804. The summed E-state index contributed by atoms with van der Waals surface area (Å²) in [5, 5.41) is 35.0. The number of nitrogens with zero attached hydrogens (tertiary/aromatic N) is 2. The number of rotatable bonds is 5. The number of hydrogen-bond acceptors (Lipinski definition) is 5. The molecule has 2 aliphatic rings. The van der Waals surface area contributed by atoms with Crippen LogP contribution in [0.4, 0.5) is 0 Å². The molecule has 2 N–H and O–H groups in total. The number of benzene rings is 3. The Labute approximate surface area is 217 Å². The standard InChI is InChI=1S/C28H22Cl2N2O4/c1-27-8-9-28(36-27,10-11-35-19-13-17(29)12-18(30)14-19)24-23(27)25(33)32(26(24)34)22-7-6-16(15-31)20-4-2-3-5-21(20)22/h2-7,12-14,33-34H,8-11H2,1H3/t27-,28-/m1/s1. The third-order valence-electron chi connectivity index (χ3n) is 7.40. The molecule has 1 saturated heterocycles. The maximum atomic E-state index is 11.5. The molecule has 4 aromatic rings. The number of fused-ring (bicyclic) bond motifs is 6. The molecular weight excluding hydrogens is 499 g/mol. The molecular formula is C28H22Cl2N2O4. The van der Waals surface area contributed by atoms with Gasteiger partial charge in [0, 0.05) is 27.2 Å². The van der Waals surface area contributed by atoms with Gasteiger partial charge in [-0.3, -0.25) is 4.57 Å². The lowest BCUT2D eigenvalue weighted by molar-refractivity contribution is -0.0876. The van der Waals surface area contributed by atoms with Crippen LogP contribution in [0.2, 0.25) is 10.0 Å². The number of ether oxygens (including phenoxy) is 2. The van der Waals surface area contributed by atoms with Crippen LogP contribution in [-0.4, -0.2) is 21.4 Å². The lowest BCUT2D eigenvalue weighted by Gasteiger charge is -2.26. The van der Waals surface area contributed by atoms with Crippen molar-refractivity contribution in [3.8, 4) is 29.3 Å². The van der Waals surface area contributed by atoms with Crippen molar-refractivity contribution in [3.63, 3.8) is 0 Å². The van der Waals surface area contributed by atoms with Crippen molar-refractivity contribution in [2.24, 2.45) is 0 Å². The first kappa shape index (κ1) is 23.1. The quantitative estimate of drug-likeness (QED) is 0.298. The maximum absolute atomic E-state index is 11.5. The first-order valence-electron chi connectivity index (χ1n) is 11.7. The number of nitriles is 1. The van der Waals surface area contributed by atoms with Crippen molar-refractivity contribution in [2.75, 3.05) is 6.61 Å². The molecule has 0 unspecified atom stereocenters. The van der Waals surface area contributed by atoms with Crippen LogP contribution in [0.1, 0.15) is 42.9 Å². The fraction of sp³-hybridized carbons (Fsp3) is 0.250. The van der Waals surface area contributed by atoms with Gasteiger partial charge >= 0.3 is 0 Å². The van der Waals surface area contributed by atoms with Crippen LogP contribution in [-0.2, 0) is 15.9 Å². The molecule has 0 spiro atoms. The summed E-state index contributed by atoms with van der Waals surface area (Å²) < 4.78 is 13.9. The second-order valence-corrected chi connectivity index (χ2v) is 10.4. The van der Waals surface area contributed by atoms with E-state index in [0.717, 1.165) is 10.8 Å². The summed E-state index contributed by atoms with van der Waals surface area (Å²) in [6.07, 6.45) is 1.85. The lowest BCUT2D eigenvalue weighted by atomic mass is 9.78. The van der Waals surface area contributed by atoms with E-state index >= 15 is 0 Å². The zero-order chi connectivity index (χ0) is 25.2. The number of hydrogen-bond donors (Lipinski definition) is 2. The van der Waals surface area contributed by atoms with Gasteiger partial charge in [-0.05, 0) is 50.1 Å². The number of aromatic hydroxyl groups is 2. The van der Waals surface area contributed by atoms with Gasteiger partial charge in [0.15, 0.2) is 0 Å². The number of aromatic nitrogens is 1. The summed E-state index contributed by atoms with van der Waals surface area (Å²) >= 11 is 12.2. The SMILES string of the molecule is C[C@]12CC[C@](CCOc3cc(Cl)cc(Cl)c3)(O1)c1c2c(O)n(-c2ccc(C#N)c3ccccc23)c1O. The van der Waals surface area contributed by atoms with E-state index in [9.17, 15) is 15.5 Å². The molecule has 0 saturated carbocycles. The Morgan fingerprint density at radius 3 is 2.42 bits per heavy atom. The molecule has 3 heterocycles. The fourth-order valence-electron chi connectivity index (χ4n) is 5.86. The lowest BCUT2D eigenvalue weighted by Crippen LogP contribution is -2.25. The van der Waals surface area contributed by atoms with Crippen LogP contribution >= 0.6 is 23.2 Å². The third kappa shape index (κ3) is 3.27. The highest BCUT2D eigenvalue weighted by molar-refractivity contribution is 6.34. The summed E-state index contributed by atoms with van der Waals surface area (Å²) in [7, 11) is 0. The highest BCUT2D eigenvalue weighted by Crippen LogP contribution is 2.65. The van der Waals surface area contributed by atoms with Crippen LogP contribution in [0, 0.1) is 11.3 Å². The monoisotopic (exact) mass is 520 g/mol. The highest BCUT2D eigenvalue weighted by Gasteiger charge is 2.61. The zero-order valence-electron chi connectivity index (χ0n) is 19.4. The van der Waals surface area contributed by atoms with E-state index in [1.54, 1.807) is 30.3 Å². The Hall–Kier alpha value is -3.37. The highest BCUT2D eigenvalue weighted by atomic mass is 35.5. The van der Waals surface area contributed by atoms with E-state index < -0.39 is 11.2 Å². The van der Waals surface area contributed by atoms with E-state index in [0.29, 0.717) is 64.0 Å². The molecule has 8 heteroatoms. The van der Waals surface area contributed by atoms with Crippen molar-refractivity contribution in [3.05, 3.63) is 81.3 Å². The van der Waals surface area contributed by atoms with Gasteiger partial charge in [0.25, 0.3) is 0 Å². The largest absolute Gasteiger partial charge is 0.494 e. The van der Waals surface area contributed by atoms with Gasteiger partial charge < -0.3 is 19.7 Å². The minimum Gasteiger partial charge on any atom is -0.494 e. The number of halogens is 2. The van der Waals surface area contributed by atoms with E-state index in [4.69, 9.17) is 32.7 Å². The Kier molecular flexibility index (Phi) is 5.17. The predicted octanol–water partition coefficient (Wildman–Crippen LogP) is 6.92.